The molecule has 2 N–H and O–H groups in total. The maximum absolute atomic E-state index is 5.78. The van der Waals surface area contributed by atoms with Crippen molar-refractivity contribution in [3.05, 3.63) is 17.0 Å². The van der Waals surface area contributed by atoms with Gasteiger partial charge in [-0.2, -0.15) is 0 Å². The molecular weight excluding hydrogens is 330 g/mol. The molecule has 0 radical (unpaired) electrons. The fourth-order valence-electron chi connectivity index (χ4n) is 3.51. The van der Waals surface area contributed by atoms with E-state index in [1.54, 1.807) is 7.05 Å². The molecule has 2 atom stereocenters. The zero-order valence-corrected chi connectivity index (χ0v) is 17.0. The van der Waals surface area contributed by atoms with Gasteiger partial charge in [0.2, 0.25) is 0 Å². The van der Waals surface area contributed by atoms with Crippen LogP contribution in [0.25, 0.3) is 0 Å². The van der Waals surface area contributed by atoms with Gasteiger partial charge in [0.15, 0.2) is 5.96 Å². The largest absolute Gasteiger partial charge is 0.373 e. The molecule has 7 heteroatoms. The summed E-state index contributed by atoms with van der Waals surface area (Å²) in [7, 11) is 1.80. The van der Waals surface area contributed by atoms with E-state index in [4.69, 9.17) is 9.26 Å². The van der Waals surface area contributed by atoms with Gasteiger partial charge in [0.05, 0.1) is 17.9 Å². The quantitative estimate of drug-likeness (QED) is 0.417. The molecule has 1 saturated heterocycles. The number of ether oxygens (including phenoxy) is 1. The Bertz CT molecular complexity index is 541. The van der Waals surface area contributed by atoms with E-state index >= 15 is 0 Å². The molecule has 0 spiro atoms. The van der Waals surface area contributed by atoms with E-state index in [-0.39, 0.29) is 0 Å². The second-order valence-electron chi connectivity index (χ2n) is 6.96. The summed E-state index contributed by atoms with van der Waals surface area (Å²) >= 11 is 0. The third-order valence-electron chi connectivity index (χ3n) is 4.70. The summed E-state index contributed by atoms with van der Waals surface area (Å²) in [6.07, 6.45) is 3.46. The van der Waals surface area contributed by atoms with Crippen molar-refractivity contribution in [1.29, 1.82) is 0 Å². The molecule has 1 fully saturated rings. The molecule has 7 nitrogen and oxygen atoms in total. The summed E-state index contributed by atoms with van der Waals surface area (Å²) in [4.78, 5) is 6.80. The second kappa shape index (κ2) is 10.5. The van der Waals surface area contributed by atoms with Gasteiger partial charge in [0.25, 0.3) is 0 Å². The molecule has 0 saturated carbocycles. The van der Waals surface area contributed by atoms with E-state index in [0.717, 1.165) is 68.4 Å². The second-order valence-corrected chi connectivity index (χ2v) is 6.96. The SMILES string of the molecule is CCc1noc(CC)c1CNC(=NC)NCCCN1CC(C)OC(C)C1. The molecule has 0 amide bonds. The highest BCUT2D eigenvalue weighted by Crippen LogP contribution is 2.15. The van der Waals surface area contributed by atoms with Crippen LogP contribution < -0.4 is 10.6 Å². The number of hydrogen-bond donors (Lipinski definition) is 2. The van der Waals surface area contributed by atoms with Crippen molar-refractivity contribution in [2.45, 2.75) is 65.7 Å². The van der Waals surface area contributed by atoms with Crippen molar-refractivity contribution >= 4 is 5.96 Å². The molecule has 0 bridgehead atoms. The van der Waals surface area contributed by atoms with Crippen LogP contribution in [0.4, 0.5) is 0 Å². The maximum atomic E-state index is 5.78. The number of aryl methyl sites for hydroxylation is 2. The van der Waals surface area contributed by atoms with Crippen molar-refractivity contribution in [2.75, 3.05) is 33.2 Å². The zero-order chi connectivity index (χ0) is 18.9. The lowest BCUT2D eigenvalue weighted by Crippen LogP contribution is -2.46. The molecule has 2 rings (SSSR count). The van der Waals surface area contributed by atoms with E-state index in [0.29, 0.717) is 18.8 Å². The van der Waals surface area contributed by atoms with Gasteiger partial charge < -0.3 is 19.9 Å². The van der Waals surface area contributed by atoms with Gasteiger partial charge in [0.1, 0.15) is 5.76 Å². The van der Waals surface area contributed by atoms with Crippen molar-refractivity contribution in [3.8, 4) is 0 Å². The predicted octanol–water partition coefficient (Wildman–Crippen LogP) is 1.96. The van der Waals surface area contributed by atoms with Gasteiger partial charge in [-0.05, 0) is 26.7 Å². The third-order valence-corrected chi connectivity index (χ3v) is 4.70. The Morgan fingerprint density at radius 1 is 1.19 bits per heavy atom. The summed E-state index contributed by atoms with van der Waals surface area (Å²) in [6, 6.07) is 0. The lowest BCUT2D eigenvalue weighted by Gasteiger charge is -2.35. The number of morpholine rings is 1. The molecule has 1 aromatic heterocycles. The van der Waals surface area contributed by atoms with Crippen molar-refractivity contribution in [3.63, 3.8) is 0 Å². The van der Waals surface area contributed by atoms with Gasteiger partial charge in [-0.1, -0.05) is 19.0 Å². The third kappa shape index (κ3) is 5.99. The van der Waals surface area contributed by atoms with Crippen LogP contribution in [-0.2, 0) is 24.1 Å². The first-order chi connectivity index (χ1) is 12.6. The highest BCUT2D eigenvalue weighted by atomic mass is 16.5. The number of hydrogen-bond acceptors (Lipinski definition) is 5. The highest BCUT2D eigenvalue weighted by Gasteiger charge is 2.21. The Hall–Kier alpha value is -1.60. The fraction of sp³-hybridized carbons (Fsp3) is 0.789. The van der Waals surface area contributed by atoms with Crippen LogP contribution in [0.3, 0.4) is 0 Å². The molecule has 26 heavy (non-hydrogen) atoms. The molecule has 2 unspecified atom stereocenters. The maximum Gasteiger partial charge on any atom is 0.191 e. The normalized spacial score (nSPS) is 21.8. The Morgan fingerprint density at radius 2 is 1.92 bits per heavy atom. The topological polar surface area (TPSA) is 74.9 Å². The Labute approximate surface area is 157 Å². The lowest BCUT2D eigenvalue weighted by molar-refractivity contribution is -0.0679. The monoisotopic (exact) mass is 365 g/mol. The fourth-order valence-corrected chi connectivity index (χ4v) is 3.51. The van der Waals surface area contributed by atoms with Gasteiger partial charge in [-0.3, -0.25) is 9.89 Å². The van der Waals surface area contributed by atoms with Crippen LogP contribution in [0.2, 0.25) is 0 Å². The molecule has 2 heterocycles. The first-order valence-corrected chi connectivity index (χ1v) is 9.85. The zero-order valence-electron chi connectivity index (χ0n) is 17.0. The molecular formula is C19H35N5O2. The van der Waals surface area contributed by atoms with E-state index in [1.807, 2.05) is 0 Å². The van der Waals surface area contributed by atoms with Crippen LogP contribution in [0.15, 0.2) is 9.52 Å². The molecule has 1 aliphatic rings. The van der Waals surface area contributed by atoms with E-state index in [9.17, 15) is 0 Å². The summed E-state index contributed by atoms with van der Waals surface area (Å²) in [6.45, 7) is 13.2. The molecule has 1 aromatic rings. The van der Waals surface area contributed by atoms with Crippen LogP contribution in [-0.4, -0.2) is 61.5 Å². The van der Waals surface area contributed by atoms with Gasteiger partial charge in [0, 0.05) is 51.8 Å². The lowest BCUT2D eigenvalue weighted by atomic mass is 10.1. The average molecular weight is 366 g/mol. The standard InChI is InChI=1S/C19H35N5O2/c1-6-17-16(18(7-2)26-23-17)11-22-19(20-5)21-9-8-10-24-12-14(3)25-15(4)13-24/h14-15H,6-13H2,1-5H3,(H2,20,21,22). The summed E-state index contributed by atoms with van der Waals surface area (Å²) in [5, 5.41) is 10.9. The van der Waals surface area contributed by atoms with Crippen LogP contribution in [0, 0.1) is 0 Å². The number of aromatic nitrogens is 1. The summed E-state index contributed by atoms with van der Waals surface area (Å²) in [5.41, 5.74) is 2.19. The van der Waals surface area contributed by atoms with Gasteiger partial charge in [-0.25, -0.2) is 0 Å². The number of nitrogens with zero attached hydrogens (tertiary/aromatic N) is 3. The minimum Gasteiger partial charge on any atom is -0.373 e. The van der Waals surface area contributed by atoms with Crippen LogP contribution >= 0.6 is 0 Å². The van der Waals surface area contributed by atoms with Crippen molar-refractivity contribution in [2.24, 2.45) is 4.99 Å². The average Bonchev–Trinajstić information content (AvgIpc) is 3.02. The molecule has 0 aromatic carbocycles. The first-order valence-electron chi connectivity index (χ1n) is 9.85. The van der Waals surface area contributed by atoms with Crippen molar-refractivity contribution < 1.29 is 9.26 Å². The minimum atomic E-state index is 0.324. The Balaban J connectivity index is 1.72. The summed E-state index contributed by atoms with van der Waals surface area (Å²) < 4.78 is 11.2. The first kappa shape index (κ1) is 20.7. The van der Waals surface area contributed by atoms with E-state index < -0.39 is 0 Å². The Morgan fingerprint density at radius 3 is 2.54 bits per heavy atom. The minimum absolute atomic E-state index is 0.324. The van der Waals surface area contributed by atoms with Gasteiger partial charge in [-0.15, -0.1) is 0 Å². The number of guanidine groups is 1. The highest BCUT2D eigenvalue weighted by molar-refractivity contribution is 5.79. The van der Waals surface area contributed by atoms with Crippen molar-refractivity contribution in [1.82, 2.24) is 20.7 Å². The molecule has 1 aliphatic heterocycles. The smallest absolute Gasteiger partial charge is 0.191 e. The molecule has 0 aliphatic carbocycles. The number of aliphatic imine (C=N–C) groups is 1. The number of nitrogens with one attached hydrogen (secondary N) is 2. The van der Waals surface area contributed by atoms with E-state index in [1.165, 1.54) is 0 Å². The van der Waals surface area contributed by atoms with Crippen LogP contribution in [0.5, 0.6) is 0 Å². The van der Waals surface area contributed by atoms with Crippen LogP contribution in [0.1, 0.15) is 51.1 Å². The molecule has 148 valence electrons. The Kier molecular flexibility index (Phi) is 8.38. The van der Waals surface area contributed by atoms with E-state index in [2.05, 4.69) is 53.4 Å². The number of rotatable bonds is 8. The summed E-state index contributed by atoms with van der Waals surface area (Å²) in [5.74, 6) is 1.78. The van der Waals surface area contributed by atoms with Gasteiger partial charge >= 0.3 is 0 Å². The predicted molar refractivity (Wildman–Crippen MR) is 105 cm³/mol.